The second-order valence-corrected chi connectivity index (χ2v) is 5.39. The van der Waals surface area contributed by atoms with Gasteiger partial charge in [-0.15, -0.1) is 0 Å². The van der Waals surface area contributed by atoms with Gasteiger partial charge in [0.25, 0.3) is 0 Å². The van der Waals surface area contributed by atoms with Crippen molar-refractivity contribution in [3.05, 3.63) is 29.3 Å². The average molecular weight is 246 g/mol. The second-order valence-electron chi connectivity index (χ2n) is 5.39. The number of fused-ring (bicyclic) bond motifs is 1. The number of nitrogens with one attached hydrogen (secondary N) is 1. The highest BCUT2D eigenvalue weighted by Crippen LogP contribution is 2.32. The first kappa shape index (κ1) is 13.1. The van der Waals surface area contributed by atoms with Gasteiger partial charge in [0.05, 0.1) is 0 Å². The zero-order valence-electron chi connectivity index (χ0n) is 11.2. The number of rotatable bonds is 4. The van der Waals surface area contributed by atoms with Crippen LogP contribution in [0.25, 0.3) is 0 Å². The summed E-state index contributed by atoms with van der Waals surface area (Å²) in [4.78, 5) is 11.3. The molecule has 98 valence electrons. The maximum absolute atomic E-state index is 11.3. The van der Waals surface area contributed by atoms with E-state index in [1.165, 1.54) is 11.1 Å². The third-order valence-corrected chi connectivity index (χ3v) is 3.74. The molecule has 1 amide bonds. The summed E-state index contributed by atoms with van der Waals surface area (Å²) in [5, 5.41) is 2.92. The van der Waals surface area contributed by atoms with Crippen molar-refractivity contribution < 1.29 is 4.79 Å². The van der Waals surface area contributed by atoms with E-state index in [4.69, 9.17) is 5.73 Å². The predicted octanol–water partition coefficient (Wildman–Crippen LogP) is 2.66. The molecule has 1 aliphatic rings. The van der Waals surface area contributed by atoms with Gasteiger partial charge >= 0.3 is 0 Å². The Hall–Kier alpha value is -1.35. The molecule has 0 fully saturated rings. The highest BCUT2D eigenvalue weighted by Gasteiger charge is 2.19. The maximum Gasteiger partial charge on any atom is 0.224 e. The van der Waals surface area contributed by atoms with Gasteiger partial charge in [-0.3, -0.25) is 4.79 Å². The van der Waals surface area contributed by atoms with Crippen LogP contribution in [-0.4, -0.2) is 12.5 Å². The summed E-state index contributed by atoms with van der Waals surface area (Å²) in [5.74, 6) is 1.22. The molecule has 3 heteroatoms. The van der Waals surface area contributed by atoms with E-state index in [9.17, 15) is 4.79 Å². The van der Waals surface area contributed by atoms with Crippen LogP contribution < -0.4 is 11.1 Å². The first-order chi connectivity index (χ1) is 8.61. The van der Waals surface area contributed by atoms with Crippen molar-refractivity contribution in [1.82, 2.24) is 0 Å². The van der Waals surface area contributed by atoms with Crippen molar-refractivity contribution >= 4 is 11.6 Å². The molecule has 1 heterocycles. The number of carbonyl (C=O) groups excluding carboxylic acids is 1. The Kier molecular flexibility index (Phi) is 4.02. The van der Waals surface area contributed by atoms with E-state index in [-0.39, 0.29) is 5.91 Å². The van der Waals surface area contributed by atoms with E-state index >= 15 is 0 Å². The number of benzene rings is 1. The summed E-state index contributed by atoms with van der Waals surface area (Å²) in [7, 11) is 0. The first-order valence-corrected chi connectivity index (χ1v) is 6.74. The predicted molar refractivity (Wildman–Crippen MR) is 74.6 cm³/mol. The second kappa shape index (κ2) is 5.53. The summed E-state index contributed by atoms with van der Waals surface area (Å²) in [6.45, 7) is 5.19. The molecule has 1 atom stereocenters. The lowest BCUT2D eigenvalue weighted by atomic mass is 9.84. The highest BCUT2D eigenvalue weighted by atomic mass is 16.1. The van der Waals surface area contributed by atoms with Crippen molar-refractivity contribution in [3.63, 3.8) is 0 Å². The lowest BCUT2D eigenvalue weighted by Gasteiger charge is -2.24. The minimum atomic E-state index is 0.123. The average Bonchev–Trinajstić information content (AvgIpc) is 2.35. The maximum atomic E-state index is 11.3. The van der Waals surface area contributed by atoms with E-state index in [1.807, 2.05) is 6.07 Å². The number of hydrogen-bond acceptors (Lipinski definition) is 2. The van der Waals surface area contributed by atoms with Crippen molar-refractivity contribution in [2.75, 3.05) is 11.9 Å². The smallest absolute Gasteiger partial charge is 0.224 e. The van der Waals surface area contributed by atoms with E-state index in [0.717, 1.165) is 25.1 Å². The third-order valence-electron chi connectivity index (χ3n) is 3.74. The molecule has 0 bridgehead atoms. The van der Waals surface area contributed by atoms with Gasteiger partial charge in [0, 0.05) is 12.1 Å². The van der Waals surface area contributed by atoms with E-state index in [1.54, 1.807) is 0 Å². The largest absolute Gasteiger partial charge is 0.330 e. The third kappa shape index (κ3) is 2.72. The minimum Gasteiger partial charge on any atom is -0.330 e. The Morgan fingerprint density at radius 2 is 2.11 bits per heavy atom. The van der Waals surface area contributed by atoms with Gasteiger partial charge in [-0.1, -0.05) is 26.0 Å². The summed E-state index contributed by atoms with van der Waals surface area (Å²) in [6.07, 6.45) is 2.46. The monoisotopic (exact) mass is 246 g/mol. The van der Waals surface area contributed by atoms with Gasteiger partial charge in [0.15, 0.2) is 0 Å². The van der Waals surface area contributed by atoms with Crippen LogP contribution in [-0.2, 0) is 11.2 Å². The van der Waals surface area contributed by atoms with E-state index in [0.29, 0.717) is 18.3 Å². The molecule has 0 saturated heterocycles. The molecule has 2 rings (SSSR count). The fraction of sp³-hybridized carbons (Fsp3) is 0.533. The Morgan fingerprint density at radius 3 is 2.78 bits per heavy atom. The summed E-state index contributed by atoms with van der Waals surface area (Å²) >= 11 is 0. The number of aryl methyl sites for hydroxylation is 1. The van der Waals surface area contributed by atoms with Gasteiger partial charge in [0.2, 0.25) is 5.91 Å². The van der Waals surface area contributed by atoms with Crippen LogP contribution in [0.2, 0.25) is 0 Å². The number of anilines is 1. The molecule has 18 heavy (non-hydrogen) atoms. The lowest BCUT2D eigenvalue weighted by Crippen LogP contribution is -2.20. The molecule has 3 N–H and O–H groups in total. The molecule has 1 aromatic rings. The summed E-state index contributed by atoms with van der Waals surface area (Å²) in [5.41, 5.74) is 9.29. The molecule has 0 spiro atoms. The van der Waals surface area contributed by atoms with E-state index < -0.39 is 0 Å². The molecule has 3 nitrogen and oxygen atoms in total. The standard InChI is InChI=1S/C15H22N2O/c1-10(2)13(7-8-16)11-3-5-14-12(9-11)4-6-15(18)17-14/h3,5,9-10,13H,4,6-8,16H2,1-2H3,(H,17,18). The van der Waals surface area contributed by atoms with Crippen LogP contribution in [0.4, 0.5) is 5.69 Å². The molecule has 1 unspecified atom stereocenters. The Bertz CT molecular complexity index is 440. The number of carbonyl (C=O) groups is 1. The molecular weight excluding hydrogens is 224 g/mol. The highest BCUT2D eigenvalue weighted by molar-refractivity contribution is 5.93. The van der Waals surface area contributed by atoms with Crippen LogP contribution in [0, 0.1) is 5.92 Å². The van der Waals surface area contributed by atoms with Gasteiger partial charge < -0.3 is 11.1 Å². The zero-order valence-corrected chi connectivity index (χ0v) is 11.2. The number of hydrogen-bond donors (Lipinski definition) is 2. The van der Waals surface area contributed by atoms with Crippen LogP contribution >= 0.6 is 0 Å². The van der Waals surface area contributed by atoms with Gasteiger partial charge in [-0.05, 0) is 48.4 Å². The molecule has 1 aliphatic heterocycles. The Balaban J connectivity index is 2.27. The van der Waals surface area contributed by atoms with E-state index in [2.05, 4.69) is 31.3 Å². The van der Waals surface area contributed by atoms with Crippen molar-refractivity contribution in [2.24, 2.45) is 11.7 Å². The minimum absolute atomic E-state index is 0.123. The molecule has 0 aliphatic carbocycles. The molecule has 0 radical (unpaired) electrons. The van der Waals surface area contributed by atoms with Gasteiger partial charge in [-0.2, -0.15) is 0 Å². The quantitative estimate of drug-likeness (QED) is 0.858. The van der Waals surface area contributed by atoms with Crippen LogP contribution in [0.1, 0.15) is 43.7 Å². The van der Waals surface area contributed by atoms with Crippen molar-refractivity contribution in [1.29, 1.82) is 0 Å². The molecular formula is C15H22N2O. The Labute approximate surface area is 109 Å². The fourth-order valence-electron chi connectivity index (χ4n) is 2.70. The number of nitrogens with two attached hydrogens (primary N) is 1. The topological polar surface area (TPSA) is 55.1 Å². The van der Waals surface area contributed by atoms with Crippen LogP contribution in [0.15, 0.2) is 18.2 Å². The van der Waals surface area contributed by atoms with Gasteiger partial charge in [0.1, 0.15) is 0 Å². The van der Waals surface area contributed by atoms with Gasteiger partial charge in [-0.25, -0.2) is 0 Å². The molecule has 0 aromatic heterocycles. The van der Waals surface area contributed by atoms with Crippen molar-refractivity contribution in [2.45, 2.75) is 39.0 Å². The molecule has 1 aromatic carbocycles. The number of amides is 1. The van der Waals surface area contributed by atoms with Crippen molar-refractivity contribution in [3.8, 4) is 0 Å². The fourth-order valence-corrected chi connectivity index (χ4v) is 2.70. The SMILES string of the molecule is CC(C)C(CCN)c1ccc2c(c1)CCC(=O)N2. The normalized spacial score (nSPS) is 16.3. The molecule has 0 saturated carbocycles. The summed E-state index contributed by atoms with van der Waals surface area (Å²) in [6, 6.07) is 6.41. The Morgan fingerprint density at radius 1 is 1.33 bits per heavy atom. The van der Waals surface area contributed by atoms with Crippen LogP contribution in [0.5, 0.6) is 0 Å². The first-order valence-electron chi connectivity index (χ1n) is 6.74. The lowest BCUT2D eigenvalue weighted by molar-refractivity contribution is -0.116. The van der Waals surface area contributed by atoms with Crippen LogP contribution in [0.3, 0.4) is 0 Å². The zero-order chi connectivity index (χ0) is 13.1. The summed E-state index contributed by atoms with van der Waals surface area (Å²) < 4.78 is 0.